The SMILES string of the molecule is c1cncc(-c2cc(-c3cccc4ccccc34)cc(-c3nc4ccccc4s3)n2)c1. The van der Waals surface area contributed by atoms with Gasteiger partial charge in [-0.15, -0.1) is 11.3 Å². The molecule has 0 atom stereocenters. The fraction of sp³-hybridized carbons (Fsp3) is 0. The van der Waals surface area contributed by atoms with Crippen LogP contribution in [0, 0.1) is 0 Å². The van der Waals surface area contributed by atoms with E-state index in [1.54, 1.807) is 17.5 Å². The van der Waals surface area contributed by atoms with Gasteiger partial charge in [-0.2, -0.15) is 0 Å². The molecule has 0 aliphatic rings. The van der Waals surface area contributed by atoms with Crippen molar-refractivity contribution in [3.8, 4) is 33.1 Å². The van der Waals surface area contributed by atoms with E-state index in [9.17, 15) is 0 Å². The lowest BCUT2D eigenvalue weighted by atomic mass is 9.97. The second-order valence-corrected chi connectivity index (χ2v) is 8.41. The molecule has 0 spiro atoms. The van der Waals surface area contributed by atoms with E-state index >= 15 is 0 Å². The molecule has 4 heteroatoms. The van der Waals surface area contributed by atoms with Crippen LogP contribution in [0.25, 0.3) is 54.1 Å². The maximum atomic E-state index is 4.98. The molecule has 0 bridgehead atoms. The standard InChI is InChI=1S/C27H17N3S/c1-2-10-21-18(7-1)8-5-11-22(21)20-15-24(19-9-6-14-28-17-19)29-25(16-20)27-30-23-12-3-4-13-26(23)31-27/h1-17H. The highest BCUT2D eigenvalue weighted by Crippen LogP contribution is 2.36. The molecule has 0 radical (unpaired) electrons. The second kappa shape index (κ2) is 7.42. The van der Waals surface area contributed by atoms with Gasteiger partial charge in [0.25, 0.3) is 0 Å². The van der Waals surface area contributed by atoms with Crippen molar-refractivity contribution >= 4 is 32.3 Å². The zero-order valence-electron chi connectivity index (χ0n) is 16.6. The van der Waals surface area contributed by atoms with Crippen LogP contribution >= 0.6 is 11.3 Å². The van der Waals surface area contributed by atoms with Gasteiger partial charge in [0.2, 0.25) is 0 Å². The molecule has 0 unspecified atom stereocenters. The van der Waals surface area contributed by atoms with Crippen LogP contribution in [0.4, 0.5) is 0 Å². The van der Waals surface area contributed by atoms with E-state index in [2.05, 4.69) is 65.6 Å². The van der Waals surface area contributed by atoms with Crippen LogP contribution < -0.4 is 0 Å². The smallest absolute Gasteiger partial charge is 0.143 e. The molecule has 6 aromatic rings. The monoisotopic (exact) mass is 415 g/mol. The third-order valence-electron chi connectivity index (χ3n) is 5.40. The Morgan fingerprint density at radius 2 is 1.48 bits per heavy atom. The largest absolute Gasteiger partial charge is 0.264 e. The van der Waals surface area contributed by atoms with Crippen LogP contribution in [0.15, 0.2) is 103 Å². The Bertz CT molecular complexity index is 1500. The van der Waals surface area contributed by atoms with Gasteiger partial charge in [-0.1, -0.05) is 54.6 Å². The van der Waals surface area contributed by atoms with Crippen molar-refractivity contribution < 1.29 is 0 Å². The summed E-state index contributed by atoms with van der Waals surface area (Å²) in [6, 6.07) is 31.4. The molecule has 31 heavy (non-hydrogen) atoms. The Balaban J connectivity index is 1.61. The van der Waals surface area contributed by atoms with Crippen LogP contribution in [0.3, 0.4) is 0 Å². The number of thiazole rings is 1. The summed E-state index contributed by atoms with van der Waals surface area (Å²) in [6.07, 6.45) is 3.64. The number of para-hydroxylation sites is 1. The van der Waals surface area contributed by atoms with E-state index in [-0.39, 0.29) is 0 Å². The minimum Gasteiger partial charge on any atom is -0.264 e. The highest BCUT2D eigenvalue weighted by Gasteiger charge is 2.13. The Kier molecular flexibility index (Phi) is 4.29. The number of rotatable bonds is 3. The van der Waals surface area contributed by atoms with Crippen molar-refractivity contribution in [1.29, 1.82) is 0 Å². The Morgan fingerprint density at radius 3 is 2.39 bits per heavy atom. The van der Waals surface area contributed by atoms with Crippen LogP contribution in [-0.4, -0.2) is 15.0 Å². The number of hydrogen-bond donors (Lipinski definition) is 0. The molecule has 0 fully saturated rings. The van der Waals surface area contributed by atoms with Crippen LogP contribution in [0.1, 0.15) is 0 Å². The van der Waals surface area contributed by atoms with E-state index in [1.807, 2.05) is 36.5 Å². The summed E-state index contributed by atoms with van der Waals surface area (Å²) in [7, 11) is 0. The zero-order chi connectivity index (χ0) is 20.6. The van der Waals surface area contributed by atoms with Gasteiger partial charge in [0.05, 0.1) is 15.9 Å². The lowest BCUT2D eigenvalue weighted by Gasteiger charge is -2.11. The number of benzene rings is 3. The van der Waals surface area contributed by atoms with Crippen LogP contribution in [-0.2, 0) is 0 Å². The molecule has 0 saturated heterocycles. The first-order valence-electron chi connectivity index (χ1n) is 10.1. The van der Waals surface area contributed by atoms with Crippen molar-refractivity contribution in [3.05, 3.63) is 103 Å². The van der Waals surface area contributed by atoms with Crippen molar-refractivity contribution in [3.63, 3.8) is 0 Å². The van der Waals surface area contributed by atoms with Gasteiger partial charge in [0.15, 0.2) is 0 Å². The Labute approximate surface area is 183 Å². The molecule has 0 N–H and O–H groups in total. The predicted octanol–water partition coefficient (Wildman–Crippen LogP) is 7.24. The van der Waals surface area contributed by atoms with Gasteiger partial charge in [-0.25, -0.2) is 9.97 Å². The number of pyridine rings is 2. The molecule has 6 rings (SSSR count). The van der Waals surface area contributed by atoms with E-state index < -0.39 is 0 Å². The third-order valence-corrected chi connectivity index (χ3v) is 6.46. The summed E-state index contributed by atoms with van der Waals surface area (Å²) in [6.45, 7) is 0. The minimum absolute atomic E-state index is 0.880. The number of aromatic nitrogens is 3. The topological polar surface area (TPSA) is 38.7 Å². The van der Waals surface area contributed by atoms with Crippen molar-refractivity contribution in [2.24, 2.45) is 0 Å². The first-order valence-corrected chi connectivity index (χ1v) is 10.9. The molecule has 0 aliphatic heterocycles. The molecule has 3 aromatic heterocycles. The summed E-state index contributed by atoms with van der Waals surface area (Å²) >= 11 is 1.67. The third kappa shape index (κ3) is 3.27. The van der Waals surface area contributed by atoms with E-state index in [0.29, 0.717) is 0 Å². The van der Waals surface area contributed by atoms with Crippen molar-refractivity contribution in [2.75, 3.05) is 0 Å². The molecule has 3 aromatic carbocycles. The van der Waals surface area contributed by atoms with E-state index in [4.69, 9.17) is 9.97 Å². The van der Waals surface area contributed by atoms with Gasteiger partial charge in [0.1, 0.15) is 10.7 Å². The molecule has 0 amide bonds. The molecule has 3 nitrogen and oxygen atoms in total. The average Bonchev–Trinajstić information content (AvgIpc) is 3.28. The molecular formula is C27H17N3S. The van der Waals surface area contributed by atoms with Crippen molar-refractivity contribution in [1.82, 2.24) is 15.0 Å². The summed E-state index contributed by atoms with van der Waals surface area (Å²) in [5.74, 6) is 0. The van der Waals surface area contributed by atoms with Crippen LogP contribution in [0.5, 0.6) is 0 Å². The molecule has 0 aliphatic carbocycles. The van der Waals surface area contributed by atoms with E-state index in [1.165, 1.54) is 16.3 Å². The van der Waals surface area contributed by atoms with Gasteiger partial charge >= 0.3 is 0 Å². The summed E-state index contributed by atoms with van der Waals surface area (Å²) in [5, 5.41) is 3.37. The van der Waals surface area contributed by atoms with Gasteiger partial charge in [-0.05, 0) is 58.3 Å². The quantitative estimate of drug-likeness (QED) is 0.306. The number of hydrogen-bond acceptors (Lipinski definition) is 4. The zero-order valence-corrected chi connectivity index (χ0v) is 17.4. The Hall–Kier alpha value is -3.89. The van der Waals surface area contributed by atoms with Crippen molar-refractivity contribution in [2.45, 2.75) is 0 Å². The number of fused-ring (bicyclic) bond motifs is 2. The minimum atomic E-state index is 0.880. The molecule has 0 saturated carbocycles. The lowest BCUT2D eigenvalue weighted by Crippen LogP contribution is -1.92. The molecule has 3 heterocycles. The first-order chi connectivity index (χ1) is 15.3. The summed E-state index contributed by atoms with van der Waals surface area (Å²) in [5.41, 5.74) is 6.08. The lowest BCUT2D eigenvalue weighted by molar-refractivity contribution is 1.27. The van der Waals surface area contributed by atoms with E-state index in [0.717, 1.165) is 37.7 Å². The van der Waals surface area contributed by atoms with Crippen LogP contribution in [0.2, 0.25) is 0 Å². The fourth-order valence-electron chi connectivity index (χ4n) is 3.92. The maximum Gasteiger partial charge on any atom is 0.143 e. The maximum absolute atomic E-state index is 4.98. The normalized spacial score (nSPS) is 11.2. The highest BCUT2D eigenvalue weighted by atomic mass is 32.1. The summed E-state index contributed by atoms with van der Waals surface area (Å²) in [4.78, 5) is 14.1. The van der Waals surface area contributed by atoms with Gasteiger partial charge < -0.3 is 0 Å². The molecule has 146 valence electrons. The second-order valence-electron chi connectivity index (χ2n) is 7.38. The summed E-state index contributed by atoms with van der Waals surface area (Å²) < 4.78 is 1.16. The molecular weight excluding hydrogens is 398 g/mol. The average molecular weight is 416 g/mol. The highest BCUT2D eigenvalue weighted by molar-refractivity contribution is 7.21. The predicted molar refractivity (Wildman–Crippen MR) is 129 cm³/mol. The Morgan fingerprint density at radius 1 is 0.645 bits per heavy atom. The van der Waals surface area contributed by atoms with Gasteiger partial charge in [0, 0.05) is 18.0 Å². The number of nitrogens with zero attached hydrogens (tertiary/aromatic N) is 3. The first kappa shape index (κ1) is 17.9. The fourth-order valence-corrected chi connectivity index (χ4v) is 4.84. The van der Waals surface area contributed by atoms with Gasteiger partial charge in [-0.3, -0.25) is 4.98 Å².